The molecular weight excluding hydrogens is 316 g/mol. The van der Waals surface area contributed by atoms with Crippen LogP contribution in [0, 0.1) is 0 Å². The van der Waals surface area contributed by atoms with Crippen molar-refractivity contribution < 1.29 is 0 Å². The highest BCUT2D eigenvalue weighted by molar-refractivity contribution is 9.10. The largest absolute Gasteiger partial charge is 0.149 e. The summed E-state index contributed by atoms with van der Waals surface area (Å²) in [5.41, 5.74) is 1.32. The van der Waals surface area contributed by atoms with Gasteiger partial charge in [0.25, 0.3) is 0 Å². The smallest absolute Gasteiger partial charge is 0.0292 e. The van der Waals surface area contributed by atoms with E-state index in [9.17, 15) is 0 Å². The number of rotatable bonds is 5. The zero-order valence-corrected chi connectivity index (χ0v) is 12.6. The lowest BCUT2D eigenvalue weighted by Gasteiger charge is -2.15. The molecule has 17 heavy (non-hydrogen) atoms. The molecule has 0 saturated heterocycles. The van der Waals surface area contributed by atoms with Gasteiger partial charge in [0.1, 0.15) is 0 Å². The molecule has 0 fully saturated rings. The molecule has 1 unspecified atom stereocenters. The second kappa shape index (κ2) is 6.58. The second-order valence-electron chi connectivity index (χ2n) is 3.99. The van der Waals surface area contributed by atoms with Crippen LogP contribution in [0.15, 0.2) is 46.3 Å². The first-order chi connectivity index (χ1) is 8.31. The summed E-state index contributed by atoms with van der Waals surface area (Å²) in [6.45, 7) is 0. The second-order valence-corrected chi connectivity index (χ2v) is 6.19. The quantitative estimate of drug-likeness (QED) is 0.638. The summed E-state index contributed by atoms with van der Waals surface area (Å²) in [5, 5.41) is 2.13. The van der Waals surface area contributed by atoms with Crippen LogP contribution in [-0.4, -0.2) is 5.88 Å². The van der Waals surface area contributed by atoms with E-state index in [1.807, 2.05) is 17.4 Å². The van der Waals surface area contributed by atoms with Gasteiger partial charge in [-0.1, -0.05) is 40.2 Å². The van der Waals surface area contributed by atoms with Crippen molar-refractivity contribution in [1.29, 1.82) is 0 Å². The van der Waals surface area contributed by atoms with E-state index in [4.69, 9.17) is 11.6 Å². The first kappa shape index (κ1) is 13.1. The Kier molecular flexibility index (Phi) is 5.08. The molecule has 3 heteroatoms. The molecule has 2 aromatic rings. The molecule has 0 aliphatic rings. The number of hydrogen-bond acceptors (Lipinski definition) is 1. The summed E-state index contributed by atoms with van der Waals surface area (Å²) in [4.78, 5) is 1.44. The van der Waals surface area contributed by atoms with E-state index in [2.05, 4.69) is 51.6 Å². The maximum absolute atomic E-state index is 6.10. The van der Waals surface area contributed by atoms with Crippen molar-refractivity contribution in [2.24, 2.45) is 0 Å². The summed E-state index contributed by atoms with van der Waals surface area (Å²) < 4.78 is 1.16. The van der Waals surface area contributed by atoms with Crippen LogP contribution in [0.4, 0.5) is 0 Å². The molecule has 0 nitrogen and oxygen atoms in total. The fourth-order valence-corrected chi connectivity index (χ4v) is 3.55. The third-order valence-electron chi connectivity index (χ3n) is 2.85. The number of halogens is 2. The highest BCUT2D eigenvalue weighted by Crippen LogP contribution is 2.29. The topological polar surface area (TPSA) is 0 Å². The average molecular weight is 330 g/mol. The Morgan fingerprint density at radius 3 is 2.65 bits per heavy atom. The lowest BCUT2D eigenvalue weighted by molar-refractivity contribution is 0.687. The highest BCUT2D eigenvalue weighted by Gasteiger charge is 2.13. The van der Waals surface area contributed by atoms with Crippen LogP contribution in [-0.2, 0) is 6.42 Å². The van der Waals surface area contributed by atoms with E-state index in [1.54, 1.807) is 0 Å². The fourth-order valence-electron chi connectivity index (χ4n) is 1.89. The van der Waals surface area contributed by atoms with Crippen molar-refractivity contribution in [3.8, 4) is 0 Å². The van der Waals surface area contributed by atoms with Gasteiger partial charge in [-0.05, 0) is 41.8 Å². The SMILES string of the molecule is ClCC(CCc1cccs1)c1ccccc1Br. The summed E-state index contributed by atoms with van der Waals surface area (Å²) in [6.07, 6.45) is 2.21. The van der Waals surface area contributed by atoms with Crippen LogP contribution in [0.3, 0.4) is 0 Å². The van der Waals surface area contributed by atoms with Gasteiger partial charge < -0.3 is 0 Å². The molecule has 0 N–H and O–H groups in total. The Balaban J connectivity index is 2.04. The van der Waals surface area contributed by atoms with Gasteiger partial charge >= 0.3 is 0 Å². The van der Waals surface area contributed by atoms with Gasteiger partial charge in [-0.2, -0.15) is 0 Å². The van der Waals surface area contributed by atoms with E-state index in [0.29, 0.717) is 11.8 Å². The summed E-state index contributed by atoms with van der Waals surface area (Å²) >= 11 is 11.5. The first-order valence-corrected chi connectivity index (χ1v) is 7.84. The molecule has 0 aliphatic carbocycles. The Hall–Kier alpha value is -0.310. The molecule has 0 spiro atoms. The molecule has 0 amide bonds. The van der Waals surface area contributed by atoms with E-state index in [1.165, 1.54) is 10.4 Å². The van der Waals surface area contributed by atoms with Gasteiger partial charge in [-0.25, -0.2) is 0 Å². The first-order valence-electron chi connectivity index (χ1n) is 5.64. The van der Waals surface area contributed by atoms with Gasteiger partial charge in [0.05, 0.1) is 0 Å². The molecule has 0 radical (unpaired) electrons. The van der Waals surface area contributed by atoms with Crippen LogP contribution < -0.4 is 0 Å². The van der Waals surface area contributed by atoms with E-state index >= 15 is 0 Å². The molecule has 90 valence electrons. The molecule has 0 saturated carbocycles. The van der Waals surface area contributed by atoms with E-state index < -0.39 is 0 Å². The average Bonchev–Trinajstić information content (AvgIpc) is 2.85. The lowest BCUT2D eigenvalue weighted by atomic mass is 9.96. The Morgan fingerprint density at radius 2 is 2.00 bits per heavy atom. The zero-order valence-electron chi connectivity index (χ0n) is 9.40. The van der Waals surface area contributed by atoms with Crippen LogP contribution in [0.2, 0.25) is 0 Å². The van der Waals surface area contributed by atoms with Crippen molar-refractivity contribution in [2.75, 3.05) is 5.88 Å². The highest BCUT2D eigenvalue weighted by atomic mass is 79.9. The van der Waals surface area contributed by atoms with Crippen LogP contribution in [0.25, 0.3) is 0 Å². The minimum absolute atomic E-state index is 0.425. The van der Waals surface area contributed by atoms with Crippen molar-refractivity contribution in [2.45, 2.75) is 18.8 Å². The number of thiophene rings is 1. The fraction of sp³-hybridized carbons (Fsp3) is 0.286. The molecule has 1 aromatic heterocycles. The van der Waals surface area contributed by atoms with Crippen molar-refractivity contribution in [3.63, 3.8) is 0 Å². The predicted octanol–water partition coefficient (Wildman–Crippen LogP) is 5.47. The summed E-state index contributed by atoms with van der Waals surface area (Å²) in [5.74, 6) is 1.10. The maximum Gasteiger partial charge on any atom is 0.0292 e. The Labute approximate surface area is 120 Å². The van der Waals surface area contributed by atoms with Gasteiger partial charge in [0.15, 0.2) is 0 Å². The van der Waals surface area contributed by atoms with Crippen LogP contribution in [0.5, 0.6) is 0 Å². The summed E-state index contributed by atoms with van der Waals surface area (Å²) in [7, 11) is 0. The number of benzene rings is 1. The Bertz CT molecular complexity index is 453. The molecule has 2 rings (SSSR count). The molecular formula is C14H14BrClS. The van der Waals surface area contributed by atoms with Gasteiger partial charge in [0, 0.05) is 15.2 Å². The maximum atomic E-state index is 6.10. The Morgan fingerprint density at radius 1 is 1.18 bits per heavy atom. The van der Waals surface area contributed by atoms with E-state index in [-0.39, 0.29) is 0 Å². The number of alkyl halides is 1. The standard InChI is InChI=1S/C14H14BrClS/c15-14-6-2-1-5-13(14)11(10-16)7-8-12-4-3-9-17-12/h1-6,9,11H,7-8,10H2. The van der Waals surface area contributed by atoms with Crippen LogP contribution >= 0.6 is 38.9 Å². The van der Waals surface area contributed by atoms with Crippen molar-refractivity contribution in [1.82, 2.24) is 0 Å². The van der Waals surface area contributed by atoms with Gasteiger partial charge in [-0.3, -0.25) is 0 Å². The van der Waals surface area contributed by atoms with Gasteiger partial charge in [0.2, 0.25) is 0 Å². The third-order valence-corrected chi connectivity index (χ3v) is 4.88. The molecule has 0 bridgehead atoms. The summed E-state index contributed by atoms with van der Waals surface area (Å²) in [6, 6.07) is 12.7. The van der Waals surface area contributed by atoms with Crippen LogP contribution in [0.1, 0.15) is 22.8 Å². The normalized spacial score (nSPS) is 12.6. The monoisotopic (exact) mass is 328 g/mol. The molecule has 1 aromatic carbocycles. The van der Waals surface area contributed by atoms with Gasteiger partial charge in [-0.15, -0.1) is 22.9 Å². The molecule has 1 heterocycles. The number of aryl methyl sites for hydroxylation is 1. The molecule has 1 atom stereocenters. The predicted molar refractivity (Wildman–Crippen MR) is 80.2 cm³/mol. The minimum atomic E-state index is 0.425. The molecule has 0 aliphatic heterocycles. The third kappa shape index (κ3) is 3.57. The zero-order chi connectivity index (χ0) is 12.1. The number of hydrogen-bond donors (Lipinski definition) is 0. The minimum Gasteiger partial charge on any atom is -0.149 e. The van der Waals surface area contributed by atoms with E-state index in [0.717, 1.165) is 17.3 Å². The van der Waals surface area contributed by atoms with Crippen molar-refractivity contribution >= 4 is 38.9 Å². The lowest BCUT2D eigenvalue weighted by Crippen LogP contribution is -2.03. The van der Waals surface area contributed by atoms with Crippen molar-refractivity contribution in [3.05, 3.63) is 56.7 Å².